The Morgan fingerprint density at radius 1 is 0.492 bits per heavy atom. The van der Waals surface area contributed by atoms with E-state index in [0.717, 1.165) is 64.2 Å². The fourth-order valence-corrected chi connectivity index (χ4v) is 8.16. The highest BCUT2D eigenvalue weighted by Crippen LogP contribution is 2.23. The van der Waals surface area contributed by atoms with Gasteiger partial charge in [-0.05, 0) is 127 Å². The molecule has 5 heteroatoms. The van der Waals surface area contributed by atoms with Crippen molar-refractivity contribution in [3.05, 3.63) is 61.3 Å². The number of allylic oxidation sites excluding steroid dienone is 8. The van der Waals surface area contributed by atoms with Gasteiger partial charge in [0.1, 0.15) is 0 Å². The lowest BCUT2D eigenvalue weighted by Gasteiger charge is -2.28. The minimum Gasteiger partial charge on any atom is -0.394 e. The Bertz CT molecular complexity index is 1050. The maximum absolute atomic E-state index is 12.7. The van der Waals surface area contributed by atoms with Crippen molar-refractivity contribution in [2.45, 2.75) is 270 Å². The number of hydrogen-bond acceptors (Lipinski definition) is 4. The molecule has 5 unspecified atom stereocenters. The number of aliphatic hydroxyl groups excluding tert-OH is 3. The van der Waals surface area contributed by atoms with Crippen LogP contribution in [-0.4, -0.2) is 46.1 Å². The third-order valence-electron chi connectivity index (χ3n) is 12.7. The van der Waals surface area contributed by atoms with Gasteiger partial charge < -0.3 is 20.6 Å². The van der Waals surface area contributed by atoms with Gasteiger partial charge in [-0.1, -0.05) is 185 Å². The predicted octanol–water partition coefficient (Wildman–Crippen LogP) is 15.9. The summed E-state index contributed by atoms with van der Waals surface area (Å²) in [6.45, 7) is 10.4. The second-order valence-corrected chi connectivity index (χ2v) is 18.5. The summed E-state index contributed by atoms with van der Waals surface area (Å²) in [4.78, 5) is 12.7. The van der Waals surface area contributed by atoms with E-state index in [4.69, 9.17) is 0 Å². The molecule has 0 aromatic rings. The lowest BCUT2D eigenvalue weighted by molar-refractivity contribution is -0.122. The molecule has 0 aromatic carbocycles. The highest BCUT2D eigenvalue weighted by Gasteiger charge is 2.23. The zero-order valence-electron chi connectivity index (χ0n) is 40.7. The van der Waals surface area contributed by atoms with Crippen LogP contribution in [-0.2, 0) is 4.79 Å². The van der Waals surface area contributed by atoms with Crippen molar-refractivity contribution >= 4 is 5.91 Å². The molecular weight excluding hydrogens is 751 g/mol. The Morgan fingerprint density at radius 2 is 0.918 bits per heavy atom. The Balaban J connectivity index is 3.76. The lowest BCUT2D eigenvalue weighted by atomic mass is 9.85. The van der Waals surface area contributed by atoms with Crippen molar-refractivity contribution in [3.8, 4) is 0 Å². The van der Waals surface area contributed by atoms with E-state index in [-0.39, 0.29) is 30.6 Å². The van der Waals surface area contributed by atoms with Crippen molar-refractivity contribution < 1.29 is 20.1 Å². The lowest BCUT2D eigenvalue weighted by Crippen LogP contribution is -2.44. The first-order valence-corrected chi connectivity index (χ1v) is 26.3. The van der Waals surface area contributed by atoms with E-state index in [2.05, 4.69) is 75.2 Å². The molecular formula is C56H103NO4. The maximum Gasteiger partial charge on any atom is 0.220 e. The van der Waals surface area contributed by atoms with E-state index in [1.165, 1.54) is 135 Å². The highest BCUT2D eigenvalue weighted by atomic mass is 16.3. The van der Waals surface area contributed by atoms with Gasteiger partial charge in [-0.15, -0.1) is 6.58 Å². The van der Waals surface area contributed by atoms with E-state index in [1.807, 2.05) is 12.2 Å². The van der Waals surface area contributed by atoms with Crippen LogP contribution in [0.2, 0.25) is 0 Å². The first-order valence-electron chi connectivity index (χ1n) is 26.3. The average molecular weight is 854 g/mol. The molecule has 5 atom stereocenters. The van der Waals surface area contributed by atoms with Crippen LogP contribution in [0.1, 0.15) is 252 Å². The summed E-state index contributed by atoms with van der Waals surface area (Å²) in [5.41, 5.74) is 0. The number of aliphatic hydroxyl groups is 3. The van der Waals surface area contributed by atoms with Crippen molar-refractivity contribution in [3.63, 3.8) is 0 Å². The first-order chi connectivity index (χ1) is 29.8. The maximum atomic E-state index is 12.7. The molecule has 0 heterocycles. The van der Waals surface area contributed by atoms with Gasteiger partial charge in [-0.25, -0.2) is 0 Å². The van der Waals surface area contributed by atoms with E-state index in [0.29, 0.717) is 38.0 Å². The summed E-state index contributed by atoms with van der Waals surface area (Å²) in [7, 11) is 0. The third kappa shape index (κ3) is 43.1. The number of carbonyl (C=O) groups excluding carboxylic acids is 1. The van der Waals surface area contributed by atoms with Crippen LogP contribution in [0, 0.1) is 11.8 Å². The Hall–Kier alpha value is -1.95. The molecule has 356 valence electrons. The minimum atomic E-state index is -0.430. The van der Waals surface area contributed by atoms with Crippen molar-refractivity contribution in [2.75, 3.05) is 6.61 Å². The van der Waals surface area contributed by atoms with Gasteiger partial charge in [0.2, 0.25) is 5.91 Å². The summed E-state index contributed by atoms with van der Waals surface area (Å²) in [6, 6.07) is -0.217. The smallest absolute Gasteiger partial charge is 0.220 e. The molecule has 61 heavy (non-hydrogen) atoms. The molecule has 0 saturated heterocycles. The zero-order valence-corrected chi connectivity index (χ0v) is 40.7. The monoisotopic (exact) mass is 854 g/mol. The van der Waals surface area contributed by atoms with Crippen LogP contribution in [0.3, 0.4) is 0 Å². The normalized spacial score (nSPS) is 14.7. The Morgan fingerprint density at radius 3 is 1.46 bits per heavy atom. The molecule has 0 saturated carbocycles. The van der Waals surface area contributed by atoms with Crippen molar-refractivity contribution in [1.82, 2.24) is 5.32 Å². The fraction of sp³-hybridized carbons (Fsp3) is 0.804. The summed E-state index contributed by atoms with van der Waals surface area (Å²) >= 11 is 0. The van der Waals surface area contributed by atoms with E-state index >= 15 is 0 Å². The van der Waals surface area contributed by atoms with Gasteiger partial charge in [0, 0.05) is 6.42 Å². The average Bonchev–Trinajstić information content (AvgIpc) is 3.25. The molecule has 0 rings (SSSR count). The number of amides is 1. The van der Waals surface area contributed by atoms with E-state index < -0.39 is 6.10 Å². The van der Waals surface area contributed by atoms with Crippen molar-refractivity contribution in [2.24, 2.45) is 11.8 Å². The van der Waals surface area contributed by atoms with Gasteiger partial charge in [0.05, 0.1) is 24.9 Å². The van der Waals surface area contributed by atoms with Crippen LogP contribution >= 0.6 is 0 Å². The topological polar surface area (TPSA) is 89.8 Å². The SMILES string of the molecule is C=CCCCCCCC/C=C/CC/C=C/CCCC/C=C/CCCCC(O)C/C=C/CCC(O)CCCC(=O)NC(CO)C(C)C(C)CCCCCCCCCCCCCC. The molecule has 0 radical (unpaired) electrons. The summed E-state index contributed by atoms with van der Waals surface area (Å²) in [5.74, 6) is 0.647. The number of hydrogen-bond donors (Lipinski definition) is 4. The fourth-order valence-electron chi connectivity index (χ4n) is 8.16. The first kappa shape index (κ1) is 59.0. The number of unbranched alkanes of at least 4 members (excludes halogenated alkanes) is 23. The number of carbonyl (C=O) groups is 1. The standard InChI is InChI=1S/C56H103NO4/c1-5-7-9-11-13-15-17-19-20-21-22-23-24-25-26-27-28-29-31-33-35-37-40-45-53(59)46-41-38-42-47-54(60)48-43-49-56(61)57-55(50-58)52(4)51(3)44-39-36-34-32-30-18-16-14-12-10-8-6-2/h5,20-21,24-25,31,33,38,41,51-55,58-60H,1,6-19,22-23,26-30,32,34-37,39-40,42-50H2,2-4H3,(H,57,61)/b21-20+,25-24+,33-31+,41-38+. The molecule has 0 spiro atoms. The quantitative estimate of drug-likeness (QED) is 0.0363. The van der Waals surface area contributed by atoms with E-state index in [9.17, 15) is 20.1 Å². The van der Waals surface area contributed by atoms with Crippen molar-refractivity contribution in [1.29, 1.82) is 0 Å². The molecule has 0 aromatic heterocycles. The van der Waals surface area contributed by atoms with Crippen LogP contribution < -0.4 is 5.32 Å². The molecule has 5 nitrogen and oxygen atoms in total. The molecule has 0 aliphatic rings. The van der Waals surface area contributed by atoms with Crippen LogP contribution in [0.4, 0.5) is 0 Å². The molecule has 0 bridgehead atoms. The Labute approximate surface area is 379 Å². The molecule has 0 aliphatic heterocycles. The molecule has 4 N–H and O–H groups in total. The summed E-state index contributed by atoms with van der Waals surface area (Å²) in [6.07, 6.45) is 60.9. The molecule has 0 aliphatic carbocycles. The number of rotatable bonds is 47. The van der Waals surface area contributed by atoms with Crippen LogP contribution in [0.5, 0.6) is 0 Å². The molecule has 1 amide bonds. The summed E-state index contributed by atoms with van der Waals surface area (Å²) in [5, 5.41) is 33.9. The van der Waals surface area contributed by atoms with Gasteiger partial charge in [0.25, 0.3) is 0 Å². The number of nitrogens with one attached hydrogen (secondary N) is 1. The minimum absolute atomic E-state index is 0.0311. The zero-order chi connectivity index (χ0) is 44.7. The predicted molar refractivity (Wildman–Crippen MR) is 268 cm³/mol. The van der Waals surface area contributed by atoms with Crippen LogP contribution in [0.25, 0.3) is 0 Å². The largest absolute Gasteiger partial charge is 0.394 e. The second-order valence-electron chi connectivity index (χ2n) is 18.5. The van der Waals surface area contributed by atoms with Gasteiger partial charge in [0.15, 0.2) is 0 Å². The van der Waals surface area contributed by atoms with Gasteiger partial charge in [-0.3, -0.25) is 4.79 Å². The third-order valence-corrected chi connectivity index (χ3v) is 12.7. The summed E-state index contributed by atoms with van der Waals surface area (Å²) < 4.78 is 0. The second kappa shape index (κ2) is 47.5. The van der Waals surface area contributed by atoms with Gasteiger partial charge >= 0.3 is 0 Å². The molecule has 0 fully saturated rings. The van der Waals surface area contributed by atoms with Gasteiger partial charge in [-0.2, -0.15) is 0 Å². The Kier molecular flexibility index (Phi) is 46.0. The van der Waals surface area contributed by atoms with E-state index in [1.54, 1.807) is 0 Å². The highest BCUT2D eigenvalue weighted by molar-refractivity contribution is 5.76. The van der Waals surface area contributed by atoms with Crippen LogP contribution in [0.15, 0.2) is 61.3 Å².